The molecule has 0 aliphatic carbocycles. The fourth-order valence-electron chi connectivity index (χ4n) is 2.09. The maximum Gasteiger partial charge on any atom is 0.225 e. The van der Waals surface area contributed by atoms with Crippen molar-refractivity contribution < 1.29 is 9.18 Å². The van der Waals surface area contributed by atoms with E-state index < -0.39 is 0 Å². The smallest absolute Gasteiger partial charge is 0.225 e. The Morgan fingerprint density at radius 1 is 1.21 bits per heavy atom. The first kappa shape index (κ1) is 14.0. The van der Waals surface area contributed by atoms with Gasteiger partial charge in [0.25, 0.3) is 0 Å². The highest BCUT2D eigenvalue weighted by atomic mass is 19.1. The van der Waals surface area contributed by atoms with Crippen LogP contribution in [0.25, 0.3) is 0 Å². The van der Waals surface area contributed by atoms with Gasteiger partial charge in [-0.05, 0) is 31.3 Å². The van der Waals surface area contributed by atoms with Crippen LogP contribution in [0.1, 0.15) is 6.42 Å². The molecule has 1 heterocycles. The zero-order valence-corrected chi connectivity index (χ0v) is 11.2. The van der Waals surface area contributed by atoms with Crippen molar-refractivity contribution in [2.24, 2.45) is 0 Å². The molecule has 0 bridgehead atoms. The maximum absolute atomic E-state index is 12.7. The molecule has 2 rings (SSSR count). The average Bonchev–Trinajstić information content (AvgIpc) is 2.41. The summed E-state index contributed by atoms with van der Waals surface area (Å²) in [5, 5.41) is 2.77. The lowest BCUT2D eigenvalue weighted by molar-refractivity contribution is -0.116. The van der Waals surface area contributed by atoms with Crippen molar-refractivity contribution >= 4 is 11.6 Å². The van der Waals surface area contributed by atoms with Gasteiger partial charge in [-0.15, -0.1) is 0 Å². The number of carbonyl (C=O) groups is 1. The van der Waals surface area contributed by atoms with E-state index in [2.05, 4.69) is 22.2 Å². The summed E-state index contributed by atoms with van der Waals surface area (Å²) in [5.74, 6) is -0.319. The minimum absolute atomic E-state index is 0.0227. The summed E-state index contributed by atoms with van der Waals surface area (Å²) in [6.45, 7) is 4.92. The lowest BCUT2D eigenvalue weighted by Gasteiger charge is -2.32. The minimum Gasteiger partial charge on any atom is -0.326 e. The third kappa shape index (κ3) is 4.61. The Bertz CT molecular complexity index is 413. The molecule has 1 fully saturated rings. The molecular formula is C14H20FN3O. The van der Waals surface area contributed by atoms with Gasteiger partial charge in [0.2, 0.25) is 5.91 Å². The van der Waals surface area contributed by atoms with Crippen LogP contribution < -0.4 is 5.32 Å². The van der Waals surface area contributed by atoms with Gasteiger partial charge in [0.15, 0.2) is 0 Å². The summed E-state index contributed by atoms with van der Waals surface area (Å²) >= 11 is 0. The van der Waals surface area contributed by atoms with Crippen molar-refractivity contribution in [2.45, 2.75) is 6.42 Å². The highest BCUT2D eigenvalue weighted by Gasteiger charge is 2.14. The SMILES string of the molecule is CN1CCN(CCC(=O)Nc2ccc(F)cc2)CC1. The van der Waals surface area contributed by atoms with E-state index in [1.165, 1.54) is 12.1 Å². The van der Waals surface area contributed by atoms with Gasteiger partial charge in [0.1, 0.15) is 5.82 Å². The van der Waals surface area contributed by atoms with Crippen molar-refractivity contribution in [1.82, 2.24) is 9.80 Å². The summed E-state index contributed by atoms with van der Waals surface area (Å²) in [4.78, 5) is 16.3. The second-order valence-electron chi connectivity index (χ2n) is 4.95. The number of hydrogen-bond donors (Lipinski definition) is 1. The lowest BCUT2D eigenvalue weighted by Crippen LogP contribution is -2.45. The number of piperazine rings is 1. The standard InChI is InChI=1S/C14H20FN3O/c1-17-8-10-18(11-9-17)7-6-14(19)16-13-4-2-12(15)3-5-13/h2-5H,6-11H2,1H3,(H,16,19). The summed E-state index contributed by atoms with van der Waals surface area (Å²) in [6, 6.07) is 5.83. The molecule has 1 aliphatic heterocycles. The Hall–Kier alpha value is -1.46. The number of amides is 1. The third-order valence-electron chi connectivity index (χ3n) is 3.38. The third-order valence-corrected chi connectivity index (χ3v) is 3.38. The topological polar surface area (TPSA) is 35.6 Å². The van der Waals surface area contributed by atoms with Gasteiger partial charge in [0.05, 0.1) is 0 Å². The molecule has 0 unspecified atom stereocenters. The molecule has 1 aromatic rings. The van der Waals surface area contributed by atoms with E-state index in [1.54, 1.807) is 12.1 Å². The maximum atomic E-state index is 12.7. The number of hydrogen-bond acceptors (Lipinski definition) is 3. The molecule has 1 saturated heterocycles. The van der Waals surface area contributed by atoms with E-state index in [4.69, 9.17) is 0 Å². The van der Waals surface area contributed by atoms with Crippen molar-refractivity contribution in [3.05, 3.63) is 30.1 Å². The molecule has 4 nitrogen and oxygen atoms in total. The predicted molar refractivity (Wildman–Crippen MR) is 73.6 cm³/mol. The van der Waals surface area contributed by atoms with Crippen LogP contribution in [0.4, 0.5) is 10.1 Å². The molecule has 104 valence electrons. The van der Waals surface area contributed by atoms with Crippen LogP contribution in [-0.2, 0) is 4.79 Å². The number of benzene rings is 1. The number of likely N-dealkylation sites (N-methyl/N-ethyl adjacent to an activating group) is 1. The highest BCUT2D eigenvalue weighted by molar-refractivity contribution is 5.90. The number of nitrogens with zero attached hydrogens (tertiary/aromatic N) is 2. The molecule has 1 N–H and O–H groups in total. The van der Waals surface area contributed by atoms with E-state index >= 15 is 0 Å². The lowest BCUT2D eigenvalue weighted by atomic mass is 10.2. The molecular weight excluding hydrogens is 245 g/mol. The average molecular weight is 265 g/mol. The summed E-state index contributed by atoms with van der Waals surface area (Å²) in [6.07, 6.45) is 0.473. The first-order chi connectivity index (χ1) is 9.13. The van der Waals surface area contributed by atoms with E-state index in [1.807, 2.05) is 0 Å². The van der Waals surface area contributed by atoms with Gasteiger partial charge < -0.3 is 15.1 Å². The molecule has 1 amide bonds. The fourth-order valence-corrected chi connectivity index (χ4v) is 2.09. The molecule has 1 aliphatic rings. The minimum atomic E-state index is -0.296. The second kappa shape index (κ2) is 6.63. The van der Waals surface area contributed by atoms with E-state index in [0.29, 0.717) is 12.1 Å². The number of nitrogens with one attached hydrogen (secondary N) is 1. The highest BCUT2D eigenvalue weighted by Crippen LogP contribution is 2.09. The Morgan fingerprint density at radius 2 is 1.84 bits per heavy atom. The normalized spacial score (nSPS) is 17.4. The molecule has 0 saturated carbocycles. The largest absolute Gasteiger partial charge is 0.326 e. The first-order valence-corrected chi connectivity index (χ1v) is 6.60. The summed E-state index contributed by atoms with van der Waals surface area (Å²) in [7, 11) is 2.11. The van der Waals surface area contributed by atoms with Crippen LogP contribution in [0, 0.1) is 5.82 Å². The number of rotatable bonds is 4. The van der Waals surface area contributed by atoms with Crippen LogP contribution in [0.3, 0.4) is 0 Å². The van der Waals surface area contributed by atoms with Gasteiger partial charge in [-0.2, -0.15) is 0 Å². The predicted octanol–water partition coefficient (Wildman–Crippen LogP) is 1.40. The summed E-state index contributed by atoms with van der Waals surface area (Å²) < 4.78 is 12.7. The second-order valence-corrected chi connectivity index (χ2v) is 4.95. The Morgan fingerprint density at radius 3 is 2.47 bits per heavy atom. The van der Waals surface area contributed by atoms with Crippen molar-refractivity contribution in [2.75, 3.05) is 45.1 Å². The van der Waals surface area contributed by atoms with Crippen molar-refractivity contribution in [1.29, 1.82) is 0 Å². The molecule has 0 aromatic heterocycles. The Kier molecular flexibility index (Phi) is 4.87. The van der Waals surface area contributed by atoms with Crippen LogP contribution >= 0.6 is 0 Å². The van der Waals surface area contributed by atoms with Crippen LogP contribution in [0.5, 0.6) is 0 Å². The van der Waals surface area contributed by atoms with Gasteiger partial charge in [-0.3, -0.25) is 4.79 Å². The first-order valence-electron chi connectivity index (χ1n) is 6.60. The van der Waals surface area contributed by atoms with E-state index in [9.17, 15) is 9.18 Å². The Balaban J connectivity index is 1.71. The molecule has 0 atom stereocenters. The number of carbonyl (C=O) groups excluding carboxylic acids is 1. The fraction of sp³-hybridized carbons (Fsp3) is 0.500. The molecule has 0 radical (unpaired) electrons. The van der Waals surface area contributed by atoms with Gasteiger partial charge >= 0.3 is 0 Å². The van der Waals surface area contributed by atoms with Crippen LogP contribution in [0.15, 0.2) is 24.3 Å². The molecule has 1 aromatic carbocycles. The van der Waals surface area contributed by atoms with Gasteiger partial charge in [0, 0.05) is 44.8 Å². The van der Waals surface area contributed by atoms with E-state index in [-0.39, 0.29) is 11.7 Å². The number of anilines is 1. The van der Waals surface area contributed by atoms with Crippen molar-refractivity contribution in [3.63, 3.8) is 0 Å². The Labute approximate surface area is 113 Å². The van der Waals surface area contributed by atoms with Crippen LogP contribution in [0.2, 0.25) is 0 Å². The van der Waals surface area contributed by atoms with Gasteiger partial charge in [-0.25, -0.2) is 4.39 Å². The summed E-state index contributed by atoms with van der Waals surface area (Å²) in [5.41, 5.74) is 0.643. The van der Waals surface area contributed by atoms with E-state index in [0.717, 1.165) is 32.7 Å². The molecule has 0 spiro atoms. The van der Waals surface area contributed by atoms with Crippen LogP contribution in [-0.4, -0.2) is 55.5 Å². The molecule has 5 heteroatoms. The zero-order chi connectivity index (χ0) is 13.7. The monoisotopic (exact) mass is 265 g/mol. The van der Waals surface area contributed by atoms with Gasteiger partial charge in [-0.1, -0.05) is 0 Å². The number of halogens is 1. The quantitative estimate of drug-likeness (QED) is 0.894. The van der Waals surface area contributed by atoms with Crippen molar-refractivity contribution in [3.8, 4) is 0 Å². The molecule has 19 heavy (non-hydrogen) atoms. The zero-order valence-electron chi connectivity index (χ0n) is 11.2.